The van der Waals surface area contributed by atoms with E-state index in [0.29, 0.717) is 0 Å². The Balaban J connectivity index is -0.000000797. The van der Waals surface area contributed by atoms with Gasteiger partial charge < -0.3 is 28.4 Å². The summed E-state index contributed by atoms with van der Waals surface area (Å²) in [6.45, 7) is 22.4. The monoisotopic (exact) mass is 567 g/mol. The van der Waals surface area contributed by atoms with Crippen molar-refractivity contribution in [3.05, 3.63) is 34.0 Å². The number of carbonyl (C=O) groups excluding carboxylic acids is 3. The van der Waals surface area contributed by atoms with E-state index in [1.54, 1.807) is 34.6 Å². The third kappa shape index (κ3) is 19.8. The predicted octanol–water partition coefficient (Wildman–Crippen LogP) is 3.19. The van der Waals surface area contributed by atoms with Crippen LogP contribution in [0.3, 0.4) is 0 Å². The summed E-state index contributed by atoms with van der Waals surface area (Å²) in [5, 5.41) is 0. The summed E-state index contributed by atoms with van der Waals surface area (Å²) >= 11 is 0. The third-order valence-electron chi connectivity index (χ3n) is 3.10. The molecule has 0 saturated carbocycles. The summed E-state index contributed by atoms with van der Waals surface area (Å²) in [6, 6.07) is 5.08. The van der Waals surface area contributed by atoms with E-state index in [-0.39, 0.29) is 66.0 Å². The fourth-order valence-corrected chi connectivity index (χ4v) is 10.7. The molecule has 0 aliphatic rings. The van der Waals surface area contributed by atoms with Crippen LogP contribution in [-0.4, -0.2) is 53.4 Å². The first kappa shape index (κ1) is 38.5. The molecular weight excluding hydrogens is 529 g/mol. The van der Waals surface area contributed by atoms with Crippen LogP contribution >= 0.6 is 0 Å². The first-order valence-corrected chi connectivity index (χ1v) is 17.8. The molecule has 12 heteroatoms. The normalized spacial score (nSPS) is 10.9. The van der Waals surface area contributed by atoms with Gasteiger partial charge >= 0.3 is 48.1 Å². The summed E-state index contributed by atoms with van der Waals surface area (Å²) in [6.07, 6.45) is -0.977. The Kier molecular flexibility index (Phi) is 18.3. The van der Waals surface area contributed by atoms with Crippen LogP contribution in [0.25, 0.3) is 4.65 Å². The zero-order chi connectivity index (χ0) is 26.0. The van der Waals surface area contributed by atoms with Crippen molar-refractivity contribution in [1.29, 1.82) is 0 Å². The fraction of sp³-hybridized carbons (Fsp3) is 0.609. The van der Waals surface area contributed by atoms with E-state index in [1.165, 1.54) is 12.1 Å². The number of ether oxygens (including phenoxy) is 4. The molecule has 0 unspecified atom stereocenters. The molecule has 35 heavy (non-hydrogen) atoms. The average Bonchev–Trinajstić information content (AvgIpc) is 2.57. The van der Waals surface area contributed by atoms with Crippen LogP contribution in [0.15, 0.2) is 12.1 Å². The van der Waals surface area contributed by atoms with E-state index in [4.69, 9.17) is 23.6 Å². The maximum atomic E-state index is 11.9. The van der Waals surface area contributed by atoms with Gasteiger partial charge in [0.1, 0.15) is 5.60 Å². The first-order valence-electron chi connectivity index (χ1n) is 10.9. The molecule has 1 rings (SSSR count). The molecule has 0 saturated heterocycles. The molecular formula is C23H39CuLiNO7Si2. The minimum Gasteiger partial charge on any atom is -0.668 e. The minimum atomic E-state index is -1.11. The Morgan fingerprint density at radius 1 is 0.886 bits per heavy atom. The Morgan fingerprint density at radius 2 is 1.34 bits per heavy atom. The van der Waals surface area contributed by atoms with Gasteiger partial charge in [-0.3, -0.25) is 0 Å². The van der Waals surface area contributed by atoms with Gasteiger partial charge in [-0.2, -0.15) is 0 Å². The first-order chi connectivity index (χ1) is 14.9. The molecule has 0 aliphatic heterocycles. The maximum Gasteiger partial charge on any atom is 1.00 e. The Morgan fingerprint density at radius 3 is 1.71 bits per heavy atom. The zero-order valence-electron chi connectivity index (χ0n) is 23.2. The molecule has 0 N–H and O–H groups in total. The van der Waals surface area contributed by atoms with Crippen LogP contribution in [-0.2, 0) is 31.3 Å². The van der Waals surface area contributed by atoms with Gasteiger partial charge in [0.15, 0.2) is 0 Å². The number of rotatable bonds is 7. The summed E-state index contributed by atoms with van der Waals surface area (Å²) in [5.41, 5.74) is -0.766. The Bertz CT molecular complexity index is 771. The van der Waals surface area contributed by atoms with E-state index in [9.17, 15) is 14.4 Å². The van der Waals surface area contributed by atoms with Gasteiger partial charge in [0.2, 0.25) is 5.97 Å². The van der Waals surface area contributed by atoms with Crippen molar-refractivity contribution in [2.45, 2.75) is 79.5 Å². The fourth-order valence-electron chi connectivity index (χ4n) is 2.62. The van der Waals surface area contributed by atoms with Crippen molar-refractivity contribution in [2.75, 3.05) is 13.2 Å². The van der Waals surface area contributed by atoms with E-state index in [1.807, 2.05) is 0 Å². The summed E-state index contributed by atoms with van der Waals surface area (Å²) in [5.74, 6) is -1.50. The van der Waals surface area contributed by atoms with E-state index in [0.717, 1.165) is 0 Å². The van der Waals surface area contributed by atoms with Crippen LogP contribution in [0.2, 0.25) is 39.3 Å². The Labute approximate surface area is 235 Å². The molecule has 0 aliphatic carbocycles. The topological polar surface area (TPSA) is 102 Å². The number of hydrogen-bond acceptors (Lipinski definition) is 7. The summed E-state index contributed by atoms with van der Waals surface area (Å²) in [7, 11) is -2.21. The summed E-state index contributed by atoms with van der Waals surface area (Å²) < 4.78 is 24.6. The minimum absolute atomic E-state index is 0. The summed E-state index contributed by atoms with van der Waals surface area (Å²) in [4.78, 5) is 35.5. The second-order valence-corrected chi connectivity index (χ2v) is 19.7. The molecule has 1 aromatic rings. The largest absolute Gasteiger partial charge is 1.00 e. The van der Waals surface area contributed by atoms with Gasteiger partial charge in [0.25, 0.3) is 0 Å². The number of nitrogens with zero attached hydrogens (tertiary/aromatic N) is 1. The average molecular weight is 568 g/mol. The Hall–Kier alpha value is -1.06. The number of benzene rings is 1. The molecule has 0 amide bonds. The van der Waals surface area contributed by atoms with Gasteiger partial charge in [0.05, 0.1) is 19.0 Å². The van der Waals surface area contributed by atoms with Gasteiger partial charge in [0, 0.05) is 0 Å². The van der Waals surface area contributed by atoms with E-state index < -0.39 is 40.2 Å². The third-order valence-corrected chi connectivity index (χ3v) is 8.47. The van der Waals surface area contributed by atoms with Crippen LogP contribution in [0, 0.1) is 6.07 Å². The second-order valence-electron chi connectivity index (χ2n) is 10.1. The maximum absolute atomic E-state index is 11.9. The molecule has 0 aromatic heterocycles. The molecule has 0 atom stereocenters. The van der Waals surface area contributed by atoms with Crippen molar-refractivity contribution < 1.29 is 69.3 Å². The van der Waals surface area contributed by atoms with Gasteiger partial charge in [-0.05, 0) is 40.2 Å². The molecule has 0 bridgehead atoms. The van der Waals surface area contributed by atoms with Crippen molar-refractivity contribution >= 4 is 34.6 Å². The molecule has 0 heterocycles. The van der Waals surface area contributed by atoms with Crippen LogP contribution < -0.4 is 23.6 Å². The quantitative estimate of drug-likeness (QED) is 0.164. The molecule has 0 radical (unpaired) electrons. The van der Waals surface area contributed by atoms with Crippen molar-refractivity contribution in [3.8, 4) is 5.75 Å². The van der Waals surface area contributed by atoms with Gasteiger partial charge in [-0.15, -0.1) is 6.07 Å². The number of hydrogen-bond donors (Lipinski definition) is 0. The smallest absolute Gasteiger partial charge is 0.668 e. The van der Waals surface area contributed by atoms with E-state index in [2.05, 4.69) is 45.3 Å². The molecule has 1 aromatic carbocycles. The predicted molar refractivity (Wildman–Crippen MR) is 134 cm³/mol. The SMILES string of the molecule is CCOC(=O)c1[c-]c(OC(=O)OC(C)(C)C)cc(C(=O)OCC)c1.C[Si](C)(C)[N-][Si](C)(C)C.[Cu+].[Li+]. The van der Waals surface area contributed by atoms with Crippen molar-refractivity contribution in [2.24, 2.45) is 0 Å². The second kappa shape index (κ2) is 16.6. The van der Waals surface area contributed by atoms with Gasteiger partial charge in [-0.1, -0.05) is 73.4 Å². The zero-order valence-corrected chi connectivity index (χ0v) is 26.1. The molecule has 198 valence electrons. The van der Waals surface area contributed by atoms with Crippen molar-refractivity contribution in [1.82, 2.24) is 0 Å². The van der Waals surface area contributed by atoms with Crippen molar-refractivity contribution in [3.63, 3.8) is 0 Å². The standard InChI is InChI=1S/C17H21O7.C6H18NSi2.Cu.Li/c1-6-21-14(18)11-8-12(15(19)22-7-2)10-13(9-11)23-16(20)24-17(3,4)5;1-8(2,3)7-9(4,5)6;;/h8-9H,6-7H2,1-5H3;1-6H3;;/q2*-1;2*+1. The molecule has 0 spiro atoms. The van der Waals surface area contributed by atoms with Crippen LogP contribution in [0.4, 0.5) is 4.79 Å². The van der Waals surface area contributed by atoms with Crippen LogP contribution in [0.5, 0.6) is 5.75 Å². The molecule has 8 nitrogen and oxygen atoms in total. The van der Waals surface area contributed by atoms with Gasteiger partial charge in [-0.25, -0.2) is 9.59 Å². The number of carbonyl (C=O) groups is 3. The number of esters is 2. The molecule has 0 fully saturated rings. The van der Waals surface area contributed by atoms with E-state index >= 15 is 0 Å². The van der Waals surface area contributed by atoms with Crippen LogP contribution in [0.1, 0.15) is 55.3 Å².